The monoisotopic (exact) mass is 175 g/mol. The largest absolute Gasteiger partial charge is 0.872 e. The van der Waals surface area contributed by atoms with Gasteiger partial charge in [-0.2, -0.15) is 0 Å². The van der Waals surface area contributed by atoms with Gasteiger partial charge >= 0.3 is 5.97 Å². The molecule has 4 nitrogen and oxygen atoms in total. The van der Waals surface area contributed by atoms with Crippen LogP contribution < -0.4 is 10.8 Å². The Hall–Kier alpha value is -0.710. The Morgan fingerprint density at radius 2 is 2.08 bits per heavy atom. The van der Waals surface area contributed by atoms with Crippen LogP contribution in [-0.4, -0.2) is 40.6 Å². The molecular weight excluding hydrogens is 169 g/mol. The standard InChI is InChI=1S/C7H7NO3.Na/c8-4-1-2-5(7(10)11)6(9)3-4;/h1-3,9H,8H2,(H,10,11);/p-1. The molecule has 1 radical (unpaired) electrons. The Kier molecular flexibility index (Phi) is 4.09. The van der Waals surface area contributed by atoms with E-state index in [1.54, 1.807) is 0 Å². The zero-order valence-electron chi connectivity index (χ0n) is 6.57. The molecular formula is C7H6NNaO3-. The van der Waals surface area contributed by atoms with E-state index in [1.807, 2.05) is 0 Å². The minimum Gasteiger partial charge on any atom is -0.872 e. The summed E-state index contributed by atoms with van der Waals surface area (Å²) in [6.07, 6.45) is 0. The number of nitrogens with two attached hydrogens (primary N) is 1. The Bertz CT molecular complexity index is 301. The molecule has 0 saturated carbocycles. The number of hydrogen-bond donors (Lipinski definition) is 2. The predicted octanol–water partition coefficient (Wildman–Crippen LogP) is -0.340. The summed E-state index contributed by atoms with van der Waals surface area (Å²) in [5.74, 6) is -1.78. The van der Waals surface area contributed by atoms with Crippen molar-refractivity contribution in [2.45, 2.75) is 0 Å². The Balaban J connectivity index is 0.00000121. The zero-order chi connectivity index (χ0) is 8.43. The van der Waals surface area contributed by atoms with Crippen LogP contribution >= 0.6 is 0 Å². The molecule has 0 bridgehead atoms. The molecule has 1 aromatic carbocycles. The topological polar surface area (TPSA) is 86.4 Å². The van der Waals surface area contributed by atoms with Crippen molar-refractivity contribution in [3.63, 3.8) is 0 Å². The third-order valence-corrected chi connectivity index (χ3v) is 1.24. The maximum absolute atomic E-state index is 10.8. The van der Waals surface area contributed by atoms with Gasteiger partial charge in [-0.05, 0) is 18.2 Å². The van der Waals surface area contributed by atoms with E-state index < -0.39 is 11.7 Å². The molecule has 59 valence electrons. The molecule has 5 heteroatoms. The minimum atomic E-state index is -1.23. The number of hydrogen-bond acceptors (Lipinski definition) is 3. The van der Waals surface area contributed by atoms with E-state index >= 15 is 0 Å². The van der Waals surface area contributed by atoms with Gasteiger partial charge in [-0.15, -0.1) is 0 Å². The molecule has 0 aliphatic rings. The third-order valence-electron chi connectivity index (χ3n) is 1.24. The van der Waals surface area contributed by atoms with Gasteiger partial charge < -0.3 is 15.9 Å². The number of carbonyl (C=O) groups is 1. The van der Waals surface area contributed by atoms with Gasteiger partial charge in [0, 0.05) is 35.2 Å². The third kappa shape index (κ3) is 2.41. The number of nitrogen functional groups attached to an aromatic ring is 1. The van der Waals surface area contributed by atoms with E-state index in [2.05, 4.69) is 0 Å². The van der Waals surface area contributed by atoms with E-state index in [4.69, 9.17) is 10.8 Å². The average Bonchev–Trinajstić information content (AvgIpc) is 1.85. The number of benzene rings is 1. The van der Waals surface area contributed by atoms with E-state index in [0.717, 1.165) is 6.07 Å². The SMILES string of the molecule is Nc1ccc(C(=O)O)c([O-])c1.[Na]. The summed E-state index contributed by atoms with van der Waals surface area (Å²) in [7, 11) is 0. The van der Waals surface area contributed by atoms with Gasteiger partial charge in [0.05, 0.1) is 5.56 Å². The number of anilines is 1. The summed E-state index contributed by atoms with van der Waals surface area (Å²) in [4.78, 5) is 10.3. The maximum Gasteiger partial charge on any atom is 0.335 e. The molecule has 12 heavy (non-hydrogen) atoms. The summed E-state index contributed by atoms with van der Waals surface area (Å²) in [5.41, 5.74) is 5.26. The quantitative estimate of drug-likeness (QED) is 0.451. The number of carboxylic acids is 1. The minimum absolute atomic E-state index is 0. The van der Waals surface area contributed by atoms with Crippen molar-refractivity contribution in [1.29, 1.82) is 0 Å². The molecule has 0 unspecified atom stereocenters. The number of aromatic carboxylic acids is 1. The second-order valence-electron chi connectivity index (χ2n) is 2.06. The summed E-state index contributed by atoms with van der Waals surface area (Å²) >= 11 is 0. The van der Waals surface area contributed by atoms with Crippen LogP contribution in [0.1, 0.15) is 10.4 Å². The Labute approximate surface area is 91.3 Å². The van der Waals surface area contributed by atoms with Crippen LogP contribution in [-0.2, 0) is 0 Å². The van der Waals surface area contributed by atoms with Crippen LogP contribution in [0.25, 0.3) is 0 Å². The fourth-order valence-electron chi connectivity index (χ4n) is 0.716. The molecule has 0 spiro atoms. The van der Waals surface area contributed by atoms with Crippen molar-refractivity contribution < 1.29 is 15.0 Å². The molecule has 0 aliphatic carbocycles. The van der Waals surface area contributed by atoms with Gasteiger partial charge in [0.2, 0.25) is 0 Å². The molecule has 1 rings (SSSR count). The Morgan fingerprint density at radius 1 is 1.50 bits per heavy atom. The first-order valence-electron chi connectivity index (χ1n) is 2.91. The fourth-order valence-corrected chi connectivity index (χ4v) is 0.716. The zero-order valence-corrected chi connectivity index (χ0v) is 8.57. The molecule has 0 aromatic heterocycles. The second kappa shape index (κ2) is 4.35. The van der Waals surface area contributed by atoms with Crippen molar-refractivity contribution in [2.24, 2.45) is 0 Å². The van der Waals surface area contributed by atoms with Gasteiger partial charge in [0.25, 0.3) is 0 Å². The predicted molar refractivity (Wildman–Crippen MR) is 43.0 cm³/mol. The van der Waals surface area contributed by atoms with Crippen molar-refractivity contribution in [2.75, 3.05) is 5.73 Å². The number of rotatable bonds is 1. The molecule has 0 aliphatic heterocycles. The first-order valence-corrected chi connectivity index (χ1v) is 2.91. The van der Waals surface area contributed by atoms with Gasteiger partial charge in [-0.1, -0.05) is 5.75 Å². The van der Waals surface area contributed by atoms with E-state index in [9.17, 15) is 9.90 Å². The van der Waals surface area contributed by atoms with Crippen LogP contribution in [0.3, 0.4) is 0 Å². The molecule has 3 N–H and O–H groups in total. The van der Waals surface area contributed by atoms with Crippen LogP contribution in [0.15, 0.2) is 18.2 Å². The summed E-state index contributed by atoms with van der Waals surface area (Å²) in [6, 6.07) is 3.66. The average molecular weight is 175 g/mol. The van der Waals surface area contributed by atoms with Crippen LogP contribution in [0, 0.1) is 0 Å². The summed E-state index contributed by atoms with van der Waals surface area (Å²) < 4.78 is 0. The summed E-state index contributed by atoms with van der Waals surface area (Å²) in [6.45, 7) is 0. The molecule has 0 atom stereocenters. The van der Waals surface area contributed by atoms with Crippen LogP contribution in [0.4, 0.5) is 5.69 Å². The van der Waals surface area contributed by atoms with Gasteiger partial charge in [-0.3, -0.25) is 0 Å². The van der Waals surface area contributed by atoms with Gasteiger partial charge in [-0.25, -0.2) is 4.79 Å². The van der Waals surface area contributed by atoms with E-state index in [1.165, 1.54) is 12.1 Å². The molecule has 1 aromatic rings. The number of carboxylic acid groups (broad SMARTS) is 1. The second-order valence-corrected chi connectivity index (χ2v) is 2.06. The van der Waals surface area contributed by atoms with E-state index in [-0.39, 0.29) is 40.8 Å². The van der Waals surface area contributed by atoms with Gasteiger partial charge in [0.15, 0.2) is 0 Å². The molecule has 0 saturated heterocycles. The van der Waals surface area contributed by atoms with E-state index in [0.29, 0.717) is 0 Å². The van der Waals surface area contributed by atoms with Crippen LogP contribution in [0.2, 0.25) is 0 Å². The van der Waals surface area contributed by atoms with Crippen molar-refractivity contribution in [3.05, 3.63) is 23.8 Å². The van der Waals surface area contributed by atoms with Crippen molar-refractivity contribution in [3.8, 4) is 5.75 Å². The smallest absolute Gasteiger partial charge is 0.335 e. The van der Waals surface area contributed by atoms with Gasteiger partial charge in [0.1, 0.15) is 0 Å². The fraction of sp³-hybridized carbons (Fsp3) is 0. The molecule has 0 fully saturated rings. The Morgan fingerprint density at radius 3 is 2.50 bits per heavy atom. The van der Waals surface area contributed by atoms with Crippen molar-refractivity contribution >= 4 is 41.2 Å². The van der Waals surface area contributed by atoms with Crippen molar-refractivity contribution in [1.82, 2.24) is 0 Å². The molecule has 0 heterocycles. The summed E-state index contributed by atoms with van der Waals surface area (Å²) in [5, 5.41) is 19.2. The first kappa shape index (κ1) is 11.3. The normalized spacial score (nSPS) is 8.67. The maximum atomic E-state index is 10.8. The van der Waals surface area contributed by atoms with Crippen LogP contribution in [0.5, 0.6) is 5.75 Å². The molecule has 0 amide bonds. The first-order chi connectivity index (χ1) is 5.11.